The minimum atomic E-state index is -4.02. The quantitative estimate of drug-likeness (QED) is 0.535. The number of unbranched alkanes of at least 4 members (excludes halogenated alkanes) is 1. The van der Waals surface area contributed by atoms with Gasteiger partial charge in [0.25, 0.3) is 0 Å². The Balaban J connectivity index is 3.86. The van der Waals surface area contributed by atoms with Crippen LogP contribution in [0, 0.1) is 0 Å². The Hall–Kier alpha value is 0.520. The second kappa shape index (κ2) is 4.67. The van der Waals surface area contributed by atoms with Crippen molar-refractivity contribution in [1.29, 1.82) is 0 Å². The van der Waals surface area contributed by atoms with Crippen molar-refractivity contribution in [3.63, 3.8) is 0 Å². The Bertz CT molecular complexity index is 129. The molecule has 0 aliphatic rings. The molecule has 0 aromatic carbocycles. The van der Waals surface area contributed by atoms with Crippen LogP contribution in [0.3, 0.4) is 0 Å². The van der Waals surface area contributed by atoms with Crippen molar-refractivity contribution in [2.24, 2.45) is 0 Å². The fourth-order valence-electron chi connectivity index (χ4n) is 1.05. The fraction of sp³-hybridized carbons (Fsp3) is 1.00. The van der Waals surface area contributed by atoms with E-state index in [0.717, 1.165) is 12.8 Å². The highest BCUT2D eigenvalue weighted by atomic mass is 127. The van der Waals surface area contributed by atoms with Gasteiger partial charge in [-0.2, -0.15) is 13.2 Å². The van der Waals surface area contributed by atoms with Gasteiger partial charge in [-0.3, -0.25) is 0 Å². The van der Waals surface area contributed by atoms with Crippen molar-refractivity contribution in [2.45, 2.75) is 49.1 Å². The molecule has 12 heavy (non-hydrogen) atoms. The summed E-state index contributed by atoms with van der Waals surface area (Å²) in [6.07, 6.45) is -2.24. The summed E-state index contributed by atoms with van der Waals surface area (Å²) in [5, 5.41) is 0. The van der Waals surface area contributed by atoms with E-state index in [4.69, 9.17) is 0 Å². The van der Waals surface area contributed by atoms with Gasteiger partial charge in [-0.1, -0.05) is 49.3 Å². The highest BCUT2D eigenvalue weighted by Gasteiger charge is 2.37. The third-order valence-electron chi connectivity index (χ3n) is 1.62. The average Bonchev–Trinajstić information content (AvgIpc) is 1.78. The molecule has 0 N–H and O–H groups in total. The zero-order valence-electron chi connectivity index (χ0n) is 7.34. The SMILES string of the molecule is CCCCC(C)(I)CC(F)(F)F. The van der Waals surface area contributed by atoms with Crippen molar-refractivity contribution in [3.05, 3.63) is 0 Å². The van der Waals surface area contributed by atoms with Crippen LogP contribution in [0.4, 0.5) is 13.2 Å². The third-order valence-corrected chi connectivity index (χ3v) is 2.54. The molecule has 1 unspecified atom stereocenters. The van der Waals surface area contributed by atoms with Crippen LogP contribution in [0.15, 0.2) is 0 Å². The van der Waals surface area contributed by atoms with E-state index in [1.165, 1.54) is 0 Å². The van der Waals surface area contributed by atoms with Crippen molar-refractivity contribution < 1.29 is 13.2 Å². The van der Waals surface area contributed by atoms with Gasteiger partial charge in [0.1, 0.15) is 0 Å². The third kappa shape index (κ3) is 7.18. The molecule has 0 aliphatic carbocycles. The fourth-order valence-corrected chi connectivity index (χ4v) is 1.87. The van der Waals surface area contributed by atoms with E-state index in [9.17, 15) is 13.2 Å². The van der Waals surface area contributed by atoms with E-state index < -0.39 is 16.0 Å². The van der Waals surface area contributed by atoms with Gasteiger partial charge in [0.15, 0.2) is 0 Å². The van der Waals surface area contributed by atoms with E-state index in [0.29, 0.717) is 6.42 Å². The molecule has 0 radical (unpaired) electrons. The summed E-state index contributed by atoms with van der Waals surface area (Å²) in [6.45, 7) is 3.65. The summed E-state index contributed by atoms with van der Waals surface area (Å²) in [7, 11) is 0. The second-order valence-corrected chi connectivity index (χ2v) is 5.91. The maximum absolute atomic E-state index is 12.0. The van der Waals surface area contributed by atoms with Gasteiger partial charge in [0.2, 0.25) is 0 Å². The normalized spacial score (nSPS) is 17.5. The van der Waals surface area contributed by atoms with Gasteiger partial charge in [-0.25, -0.2) is 0 Å². The maximum atomic E-state index is 12.0. The molecular formula is C8H14F3I. The van der Waals surface area contributed by atoms with E-state index in [1.54, 1.807) is 6.92 Å². The molecule has 0 aromatic rings. The summed E-state index contributed by atoms with van der Waals surface area (Å²) < 4.78 is 35.3. The molecule has 0 nitrogen and oxygen atoms in total. The first-order chi connectivity index (χ1) is 5.27. The molecule has 0 rings (SSSR count). The first kappa shape index (κ1) is 12.5. The van der Waals surface area contributed by atoms with E-state index in [1.807, 2.05) is 29.5 Å². The first-order valence-electron chi connectivity index (χ1n) is 4.02. The van der Waals surface area contributed by atoms with Crippen LogP contribution in [0.2, 0.25) is 0 Å². The highest BCUT2D eigenvalue weighted by molar-refractivity contribution is 14.1. The lowest BCUT2D eigenvalue weighted by molar-refractivity contribution is -0.139. The van der Waals surface area contributed by atoms with Gasteiger partial charge in [-0.05, 0) is 6.42 Å². The predicted molar refractivity (Wildman–Crippen MR) is 52.6 cm³/mol. The lowest BCUT2D eigenvalue weighted by Gasteiger charge is -2.23. The van der Waals surface area contributed by atoms with Gasteiger partial charge in [0.05, 0.1) is 6.42 Å². The van der Waals surface area contributed by atoms with Gasteiger partial charge >= 0.3 is 6.18 Å². The monoisotopic (exact) mass is 294 g/mol. The lowest BCUT2D eigenvalue weighted by Crippen LogP contribution is -2.25. The zero-order valence-corrected chi connectivity index (χ0v) is 9.50. The van der Waals surface area contributed by atoms with Crippen LogP contribution in [0.25, 0.3) is 0 Å². The van der Waals surface area contributed by atoms with E-state index >= 15 is 0 Å². The lowest BCUT2D eigenvalue weighted by atomic mass is 10.0. The number of alkyl halides is 4. The number of halogens is 4. The molecule has 0 saturated heterocycles. The molecule has 0 fully saturated rings. The minimum absolute atomic E-state index is 0.619. The predicted octanol–water partition coefficient (Wildman–Crippen LogP) is 4.32. The van der Waals surface area contributed by atoms with Crippen LogP contribution in [-0.2, 0) is 0 Å². The summed E-state index contributed by atoms with van der Waals surface area (Å²) in [5.41, 5.74) is 0. The van der Waals surface area contributed by atoms with Crippen molar-refractivity contribution in [2.75, 3.05) is 0 Å². The van der Waals surface area contributed by atoms with Gasteiger partial charge in [0, 0.05) is 3.42 Å². The Kier molecular flexibility index (Phi) is 4.87. The first-order valence-corrected chi connectivity index (χ1v) is 5.10. The van der Waals surface area contributed by atoms with Crippen LogP contribution < -0.4 is 0 Å². The summed E-state index contributed by atoms with van der Waals surface area (Å²) in [4.78, 5) is 0. The molecule has 0 saturated carbocycles. The molecule has 0 spiro atoms. The van der Waals surface area contributed by atoms with Crippen molar-refractivity contribution >= 4 is 22.6 Å². The zero-order chi connectivity index (χ0) is 9.83. The highest BCUT2D eigenvalue weighted by Crippen LogP contribution is 2.37. The van der Waals surface area contributed by atoms with Crippen LogP contribution in [0.5, 0.6) is 0 Å². The van der Waals surface area contributed by atoms with Gasteiger partial charge in [-0.15, -0.1) is 0 Å². The number of hydrogen-bond donors (Lipinski definition) is 0. The van der Waals surface area contributed by atoms with E-state index in [-0.39, 0.29) is 0 Å². The molecule has 0 bridgehead atoms. The minimum Gasteiger partial charge on any atom is -0.171 e. The average molecular weight is 294 g/mol. The smallest absolute Gasteiger partial charge is 0.171 e. The Morgan fingerprint density at radius 2 is 1.75 bits per heavy atom. The van der Waals surface area contributed by atoms with E-state index in [2.05, 4.69) is 0 Å². The van der Waals surface area contributed by atoms with Crippen LogP contribution in [0.1, 0.15) is 39.5 Å². The number of rotatable bonds is 4. The molecule has 0 heterocycles. The summed E-state index contributed by atoms with van der Waals surface area (Å²) in [5.74, 6) is 0. The standard InChI is InChI=1S/C8H14F3I/c1-3-4-5-7(2,12)6-8(9,10)11/h3-6H2,1-2H3. The van der Waals surface area contributed by atoms with Gasteiger partial charge < -0.3 is 0 Å². The second-order valence-electron chi connectivity index (χ2n) is 3.31. The largest absolute Gasteiger partial charge is 0.390 e. The Labute approximate surface area is 85.1 Å². The Morgan fingerprint density at radius 3 is 2.08 bits per heavy atom. The number of hydrogen-bond acceptors (Lipinski definition) is 0. The molecule has 0 aliphatic heterocycles. The molecule has 74 valence electrons. The van der Waals surface area contributed by atoms with Crippen molar-refractivity contribution in [1.82, 2.24) is 0 Å². The molecule has 0 amide bonds. The molecule has 0 aromatic heterocycles. The summed E-state index contributed by atoms with van der Waals surface area (Å²) >= 11 is 1.90. The maximum Gasteiger partial charge on any atom is 0.390 e. The molecular weight excluding hydrogens is 280 g/mol. The molecule has 4 heteroatoms. The van der Waals surface area contributed by atoms with Crippen LogP contribution >= 0.6 is 22.6 Å². The Morgan fingerprint density at radius 1 is 1.25 bits per heavy atom. The van der Waals surface area contributed by atoms with Crippen molar-refractivity contribution in [3.8, 4) is 0 Å². The van der Waals surface area contributed by atoms with Crippen LogP contribution in [-0.4, -0.2) is 9.60 Å². The molecule has 1 atom stereocenters. The summed E-state index contributed by atoms with van der Waals surface area (Å²) in [6, 6.07) is 0. The topological polar surface area (TPSA) is 0 Å².